The van der Waals surface area contributed by atoms with Crippen molar-refractivity contribution in [1.82, 2.24) is 9.47 Å². The summed E-state index contributed by atoms with van der Waals surface area (Å²) in [4.78, 5) is 13.1. The van der Waals surface area contributed by atoms with E-state index in [0.29, 0.717) is 23.4 Å². The lowest BCUT2D eigenvalue weighted by Gasteiger charge is -2.17. The maximum atomic E-state index is 14.0. The summed E-state index contributed by atoms with van der Waals surface area (Å²) in [6.07, 6.45) is 1.40. The topological polar surface area (TPSA) is 45.5 Å². The Balaban J connectivity index is 1.76. The van der Waals surface area contributed by atoms with Gasteiger partial charge in [-0.3, -0.25) is 4.79 Å². The van der Waals surface area contributed by atoms with E-state index in [2.05, 4.69) is 16.5 Å². The Morgan fingerprint density at radius 2 is 2.00 bits per heavy atom. The molecule has 3 aromatic rings. The van der Waals surface area contributed by atoms with Crippen LogP contribution in [0.2, 0.25) is 5.02 Å². The molecule has 0 saturated heterocycles. The van der Waals surface area contributed by atoms with Crippen LogP contribution in [-0.4, -0.2) is 41.0 Å². The summed E-state index contributed by atoms with van der Waals surface area (Å²) in [5.41, 5.74) is 3.96. The number of carbonyl (C=O) groups is 1. The summed E-state index contributed by atoms with van der Waals surface area (Å²) in [7, 11) is 2.11. The minimum absolute atomic E-state index is 0.00564. The van der Waals surface area contributed by atoms with E-state index in [1.54, 1.807) is 6.07 Å². The number of hydrogen-bond acceptors (Lipinski definition) is 3. The van der Waals surface area contributed by atoms with Crippen LogP contribution >= 0.6 is 11.6 Å². The van der Waals surface area contributed by atoms with Gasteiger partial charge in [0.1, 0.15) is 5.82 Å². The first-order valence-electron chi connectivity index (χ1n) is 9.38. The second kappa shape index (κ2) is 7.66. The monoisotopic (exact) mass is 400 g/mol. The fourth-order valence-electron chi connectivity index (χ4n) is 4.06. The van der Waals surface area contributed by atoms with Crippen LogP contribution in [0.4, 0.5) is 4.39 Å². The van der Waals surface area contributed by atoms with E-state index in [-0.39, 0.29) is 5.56 Å². The second-order valence-corrected chi connectivity index (χ2v) is 7.85. The molecule has 0 amide bonds. The van der Waals surface area contributed by atoms with Crippen LogP contribution in [0.1, 0.15) is 33.3 Å². The first kappa shape index (κ1) is 19.1. The molecule has 4 rings (SSSR count). The quantitative estimate of drug-likeness (QED) is 0.673. The fraction of sp³-hybridized carbons (Fsp3) is 0.318. The molecule has 1 N–H and O–H groups in total. The van der Waals surface area contributed by atoms with Gasteiger partial charge in [-0.15, -0.1) is 0 Å². The molecule has 6 heteroatoms. The van der Waals surface area contributed by atoms with E-state index in [1.165, 1.54) is 23.4 Å². The molecule has 2 aromatic carbocycles. The molecular formula is C22H22ClFN2O2. The normalized spacial score (nSPS) is 16.0. The van der Waals surface area contributed by atoms with Crippen LogP contribution < -0.4 is 0 Å². The van der Waals surface area contributed by atoms with Crippen LogP contribution in [0.5, 0.6) is 0 Å². The number of carbonyl (C=O) groups excluding carboxylic acids is 1. The Morgan fingerprint density at radius 3 is 2.75 bits per heavy atom. The van der Waals surface area contributed by atoms with Crippen LogP contribution in [0.15, 0.2) is 36.4 Å². The van der Waals surface area contributed by atoms with E-state index >= 15 is 0 Å². The lowest BCUT2D eigenvalue weighted by Crippen LogP contribution is -2.21. The van der Waals surface area contributed by atoms with Gasteiger partial charge in [-0.25, -0.2) is 4.39 Å². The van der Waals surface area contributed by atoms with Crippen molar-refractivity contribution in [3.63, 3.8) is 0 Å². The third kappa shape index (κ3) is 3.46. The summed E-state index contributed by atoms with van der Waals surface area (Å²) in [5.74, 6) is -0.615. The Morgan fingerprint density at radius 1 is 1.21 bits per heavy atom. The van der Waals surface area contributed by atoms with Crippen molar-refractivity contribution in [1.29, 1.82) is 0 Å². The second-order valence-electron chi connectivity index (χ2n) is 7.42. The highest BCUT2D eigenvalue weighted by atomic mass is 35.5. The average molecular weight is 401 g/mol. The molecule has 0 saturated carbocycles. The Hall–Kier alpha value is -2.21. The van der Waals surface area contributed by atoms with E-state index < -0.39 is 11.9 Å². The molecule has 0 spiro atoms. The van der Waals surface area contributed by atoms with Gasteiger partial charge in [0, 0.05) is 41.1 Å². The minimum Gasteiger partial charge on any atom is -0.387 e. The predicted octanol–water partition coefficient (Wildman–Crippen LogP) is 4.01. The molecule has 0 bridgehead atoms. The molecule has 0 radical (unpaired) electrons. The summed E-state index contributed by atoms with van der Waals surface area (Å²) in [5, 5.41) is 12.6. The first-order chi connectivity index (χ1) is 13.5. The zero-order valence-electron chi connectivity index (χ0n) is 15.7. The zero-order chi connectivity index (χ0) is 19.8. The van der Waals surface area contributed by atoms with Crippen LogP contribution in [0.3, 0.4) is 0 Å². The van der Waals surface area contributed by atoms with Crippen molar-refractivity contribution in [3.05, 3.63) is 69.6 Å². The number of likely N-dealkylation sites (N-methyl/N-ethyl adjacent to an activating group) is 1. The maximum Gasteiger partial charge on any atom is 0.152 e. The number of aliphatic hydroxyl groups is 1. The van der Waals surface area contributed by atoms with E-state index in [1.807, 2.05) is 18.2 Å². The van der Waals surface area contributed by atoms with Gasteiger partial charge >= 0.3 is 0 Å². The molecule has 1 aliphatic heterocycles. The Bertz CT molecular complexity index is 1050. The van der Waals surface area contributed by atoms with Gasteiger partial charge < -0.3 is 14.6 Å². The first-order valence-corrected chi connectivity index (χ1v) is 9.76. The molecule has 4 nitrogen and oxygen atoms in total. The standard InChI is InChI=1S/C22H22ClFN2O2/c1-25-8-6-17-18-11-16(23)4-5-20(18)26(21(17)7-9-25)12-22(28)14-2-3-15(13-27)19(24)10-14/h2-5,10-11,13,22,28H,6-9,12H2,1H3. The van der Waals surface area contributed by atoms with Gasteiger partial charge in [-0.2, -0.15) is 0 Å². The molecule has 1 unspecified atom stereocenters. The average Bonchev–Trinajstić information content (AvgIpc) is 2.81. The summed E-state index contributed by atoms with van der Waals surface area (Å²) in [6.45, 7) is 2.23. The molecule has 1 atom stereocenters. The van der Waals surface area contributed by atoms with Crippen molar-refractivity contribution >= 4 is 28.8 Å². The van der Waals surface area contributed by atoms with E-state index in [9.17, 15) is 14.3 Å². The molecule has 0 fully saturated rings. The summed E-state index contributed by atoms with van der Waals surface area (Å²) < 4.78 is 16.1. The molecular weight excluding hydrogens is 379 g/mol. The van der Waals surface area contributed by atoms with E-state index in [0.717, 1.165) is 36.8 Å². The van der Waals surface area contributed by atoms with Crippen molar-refractivity contribution in [2.45, 2.75) is 25.5 Å². The van der Waals surface area contributed by atoms with E-state index in [4.69, 9.17) is 11.6 Å². The van der Waals surface area contributed by atoms with Gasteiger partial charge in [-0.1, -0.05) is 17.7 Å². The zero-order valence-corrected chi connectivity index (χ0v) is 16.4. The molecule has 1 aromatic heterocycles. The Labute approximate surface area is 168 Å². The van der Waals surface area contributed by atoms with Crippen molar-refractivity contribution in [2.24, 2.45) is 0 Å². The van der Waals surface area contributed by atoms with Gasteiger partial charge in [0.25, 0.3) is 0 Å². The largest absolute Gasteiger partial charge is 0.387 e. The highest BCUT2D eigenvalue weighted by Gasteiger charge is 2.22. The Kier molecular flexibility index (Phi) is 5.23. The van der Waals surface area contributed by atoms with Crippen molar-refractivity contribution in [2.75, 3.05) is 20.1 Å². The number of aliphatic hydroxyl groups excluding tert-OH is 1. The smallest absolute Gasteiger partial charge is 0.152 e. The van der Waals surface area contributed by atoms with Gasteiger partial charge in [0.05, 0.1) is 18.2 Å². The van der Waals surface area contributed by atoms with Gasteiger partial charge in [0.2, 0.25) is 0 Å². The number of fused-ring (bicyclic) bond motifs is 3. The number of aromatic nitrogens is 1. The predicted molar refractivity (Wildman–Crippen MR) is 109 cm³/mol. The number of halogens is 2. The number of hydrogen-bond donors (Lipinski definition) is 1. The number of rotatable bonds is 4. The number of aldehydes is 1. The van der Waals surface area contributed by atoms with Gasteiger partial charge in [-0.05, 0) is 54.9 Å². The fourth-order valence-corrected chi connectivity index (χ4v) is 4.23. The van der Waals surface area contributed by atoms with Gasteiger partial charge in [0.15, 0.2) is 6.29 Å². The molecule has 28 heavy (non-hydrogen) atoms. The van der Waals surface area contributed by atoms with Crippen LogP contribution in [-0.2, 0) is 19.4 Å². The third-order valence-electron chi connectivity index (χ3n) is 5.61. The summed E-state index contributed by atoms with van der Waals surface area (Å²) in [6, 6.07) is 10.1. The number of benzene rings is 2. The minimum atomic E-state index is -0.883. The lowest BCUT2D eigenvalue weighted by molar-refractivity contribution is 0.111. The highest BCUT2D eigenvalue weighted by Crippen LogP contribution is 2.33. The highest BCUT2D eigenvalue weighted by molar-refractivity contribution is 6.31. The molecule has 146 valence electrons. The van der Waals surface area contributed by atoms with Crippen molar-refractivity contribution < 1.29 is 14.3 Å². The van der Waals surface area contributed by atoms with Crippen LogP contribution in [0, 0.1) is 5.82 Å². The lowest BCUT2D eigenvalue weighted by atomic mass is 10.1. The van der Waals surface area contributed by atoms with Crippen LogP contribution in [0.25, 0.3) is 10.9 Å². The SMILES string of the molecule is CN1CCc2c(n(CC(O)c3ccc(C=O)c(F)c3)c3ccc(Cl)cc23)CC1. The molecule has 2 heterocycles. The molecule has 1 aliphatic rings. The number of nitrogens with zero attached hydrogens (tertiary/aromatic N) is 2. The summed E-state index contributed by atoms with van der Waals surface area (Å²) >= 11 is 6.25. The van der Waals surface area contributed by atoms with Crippen molar-refractivity contribution in [3.8, 4) is 0 Å². The third-order valence-corrected chi connectivity index (χ3v) is 5.85. The molecule has 0 aliphatic carbocycles. The maximum absolute atomic E-state index is 14.0.